The first-order valence-electron chi connectivity index (χ1n) is 10.2. The Morgan fingerprint density at radius 3 is 2.61 bits per heavy atom. The maximum absolute atomic E-state index is 12.6. The van der Waals surface area contributed by atoms with Crippen molar-refractivity contribution in [2.24, 2.45) is 5.92 Å². The SMILES string of the molecule is O=C(Cc1ccc(C2CC2NCC2CC2)cc1)c1cc(-c2ccccc2)n[nH]1. The summed E-state index contributed by atoms with van der Waals surface area (Å²) in [5, 5.41) is 10.9. The van der Waals surface area contributed by atoms with E-state index in [0.29, 0.717) is 24.1 Å². The standard InChI is InChI=1S/C24H25N3O/c28-24(23-14-21(26-27-23)19-4-2-1-3-5-19)12-16-8-10-18(11-9-16)20-13-22(20)25-15-17-6-7-17/h1-5,8-11,14,17,20,22,25H,6-7,12-13,15H2,(H,26,27). The Bertz CT molecular complexity index is 957. The second-order valence-electron chi connectivity index (χ2n) is 8.17. The molecule has 4 heteroatoms. The summed E-state index contributed by atoms with van der Waals surface area (Å²) >= 11 is 0. The van der Waals surface area contributed by atoms with Crippen LogP contribution >= 0.6 is 0 Å². The third-order valence-electron chi connectivity index (χ3n) is 5.88. The van der Waals surface area contributed by atoms with Gasteiger partial charge in [0.25, 0.3) is 0 Å². The molecule has 2 aromatic carbocycles. The molecule has 2 N–H and O–H groups in total. The van der Waals surface area contributed by atoms with E-state index in [1.165, 1.54) is 31.4 Å². The van der Waals surface area contributed by atoms with Crippen LogP contribution in [-0.2, 0) is 6.42 Å². The van der Waals surface area contributed by atoms with Crippen LogP contribution in [0.4, 0.5) is 0 Å². The van der Waals surface area contributed by atoms with Crippen molar-refractivity contribution in [3.8, 4) is 11.3 Å². The molecule has 2 aliphatic carbocycles. The Morgan fingerprint density at radius 2 is 1.86 bits per heavy atom. The molecule has 3 aromatic rings. The van der Waals surface area contributed by atoms with Gasteiger partial charge in [-0.2, -0.15) is 5.10 Å². The fraction of sp³-hybridized carbons (Fsp3) is 0.333. The van der Waals surface area contributed by atoms with Gasteiger partial charge in [-0.15, -0.1) is 0 Å². The van der Waals surface area contributed by atoms with Gasteiger partial charge in [-0.25, -0.2) is 0 Å². The molecule has 2 saturated carbocycles. The molecule has 0 radical (unpaired) electrons. The molecule has 2 aliphatic rings. The van der Waals surface area contributed by atoms with Crippen molar-refractivity contribution in [2.45, 2.75) is 37.6 Å². The largest absolute Gasteiger partial charge is 0.313 e. The van der Waals surface area contributed by atoms with E-state index < -0.39 is 0 Å². The average Bonchev–Trinajstić information content (AvgIpc) is 3.65. The van der Waals surface area contributed by atoms with Gasteiger partial charge in [0.2, 0.25) is 0 Å². The maximum Gasteiger partial charge on any atom is 0.184 e. The van der Waals surface area contributed by atoms with Crippen LogP contribution < -0.4 is 5.32 Å². The van der Waals surface area contributed by atoms with Gasteiger partial charge in [0.05, 0.1) is 5.69 Å². The normalized spacial score (nSPS) is 20.9. The Kier molecular flexibility index (Phi) is 4.57. The topological polar surface area (TPSA) is 57.8 Å². The molecular formula is C24H25N3O. The molecule has 0 amide bonds. The molecule has 5 rings (SSSR count). The quantitative estimate of drug-likeness (QED) is 0.579. The van der Waals surface area contributed by atoms with Crippen LogP contribution in [0.5, 0.6) is 0 Å². The lowest BCUT2D eigenvalue weighted by atomic mass is 10.0. The molecule has 0 spiro atoms. The zero-order valence-corrected chi connectivity index (χ0v) is 15.9. The first kappa shape index (κ1) is 17.4. The van der Waals surface area contributed by atoms with Crippen molar-refractivity contribution in [3.05, 3.63) is 77.5 Å². The van der Waals surface area contributed by atoms with Gasteiger partial charge >= 0.3 is 0 Å². The zero-order chi connectivity index (χ0) is 18.9. The first-order chi connectivity index (χ1) is 13.8. The molecule has 28 heavy (non-hydrogen) atoms. The van der Waals surface area contributed by atoms with E-state index in [-0.39, 0.29) is 5.78 Å². The maximum atomic E-state index is 12.6. The zero-order valence-electron chi connectivity index (χ0n) is 15.9. The van der Waals surface area contributed by atoms with Gasteiger partial charge in [0.1, 0.15) is 5.69 Å². The molecule has 0 saturated heterocycles. The monoisotopic (exact) mass is 371 g/mol. The number of aromatic nitrogens is 2. The third kappa shape index (κ3) is 3.92. The summed E-state index contributed by atoms with van der Waals surface area (Å²) in [5.41, 5.74) is 4.81. The lowest BCUT2D eigenvalue weighted by Crippen LogP contribution is -2.20. The van der Waals surface area contributed by atoms with Crippen LogP contribution in [0.3, 0.4) is 0 Å². The van der Waals surface area contributed by atoms with E-state index in [9.17, 15) is 4.79 Å². The fourth-order valence-electron chi connectivity index (χ4n) is 3.81. The number of ketones is 1. The average molecular weight is 371 g/mol. The molecule has 2 atom stereocenters. The molecule has 1 aromatic heterocycles. The van der Waals surface area contributed by atoms with Gasteiger partial charge in [-0.1, -0.05) is 54.6 Å². The molecule has 2 unspecified atom stereocenters. The lowest BCUT2D eigenvalue weighted by molar-refractivity contribution is 0.0988. The van der Waals surface area contributed by atoms with Gasteiger partial charge in [0.15, 0.2) is 5.78 Å². The van der Waals surface area contributed by atoms with Crippen molar-refractivity contribution in [1.82, 2.24) is 15.5 Å². The Labute approximate surface area is 165 Å². The second kappa shape index (κ2) is 7.36. The molecule has 0 bridgehead atoms. The predicted octanol–water partition coefficient (Wildman–Crippen LogP) is 4.36. The predicted molar refractivity (Wildman–Crippen MR) is 110 cm³/mol. The van der Waals surface area contributed by atoms with E-state index in [2.05, 4.69) is 39.8 Å². The van der Waals surface area contributed by atoms with E-state index >= 15 is 0 Å². The number of nitrogens with one attached hydrogen (secondary N) is 2. The molecule has 0 aliphatic heterocycles. The Morgan fingerprint density at radius 1 is 1.07 bits per heavy atom. The molecule has 4 nitrogen and oxygen atoms in total. The van der Waals surface area contributed by atoms with Crippen LogP contribution in [-0.4, -0.2) is 28.6 Å². The number of hydrogen-bond acceptors (Lipinski definition) is 3. The van der Waals surface area contributed by atoms with Gasteiger partial charge in [-0.05, 0) is 48.9 Å². The van der Waals surface area contributed by atoms with Crippen LogP contribution in [0, 0.1) is 5.92 Å². The number of carbonyl (C=O) groups is 1. The van der Waals surface area contributed by atoms with Crippen molar-refractivity contribution < 1.29 is 4.79 Å². The van der Waals surface area contributed by atoms with E-state index in [4.69, 9.17) is 0 Å². The number of aromatic amines is 1. The van der Waals surface area contributed by atoms with Crippen molar-refractivity contribution >= 4 is 5.78 Å². The smallest absolute Gasteiger partial charge is 0.184 e. The van der Waals surface area contributed by atoms with Crippen LogP contribution in [0.2, 0.25) is 0 Å². The minimum absolute atomic E-state index is 0.0674. The summed E-state index contributed by atoms with van der Waals surface area (Å²) in [6.07, 6.45) is 4.43. The number of carbonyl (C=O) groups excluding carboxylic acids is 1. The summed E-state index contributed by atoms with van der Waals surface area (Å²) in [6, 6.07) is 21.0. The van der Waals surface area contributed by atoms with E-state index in [1.807, 2.05) is 36.4 Å². The van der Waals surface area contributed by atoms with Crippen LogP contribution in [0.15, 0.2) is 60.7 Å². The van der Waals surface area contributed by atoms with Crippen molar-refractivity contribution in [1.29, 1.82) is 0 Å². The van der Waals surface area contributed by atoms with E-state index in [1.54, 1.807) is 0 Å². The summed E-state index contributed by atoms with van der Waals surface area (Å²) in [7, 11) is 0. The number of benzene rings is 2. The number of hydrogen-bond donors (Lipinski definition) is 2. The van der Waals surface area contributed by atoms with Gasteiger partial charge in [0, 0.05) is 23.9 Å². The van der Waals surface area contributed by atoms with E-state index in [0.717, 1.165) is 22.7 Å². The Hall–Kier alpha value is -2.72. The highest BCUT2D eigenvalue weighted by atomic mass is 16.1. The highest BCUT2D eigenvalue weighted by molar-refractivity contribution is 5.96. The van der Waals surface area contributed by atoms with Crippen molar-refractivity contribution in [2.75, 3.05) is 6.54 Å². The molecule has 1 heterocycles. The summed E-state index contributed by atoms with van der Waals surface area (Å²) in [4.78, 5) is 12.6. The summed E-state index contributed by atoms with van der Waals surface area (Å²) < 4.78 is 0. The number of H-pyrrole nitrogens is 1. The van der Waals surface area contributed by atoms with Crippen LogP contribution in [0.1, 0.15) is 46.8 Å². The number of Topliss-reactive ketones (excluding diaryl/α,β-unsaturated/α-hetero) is 1. The van der Waals surface area contributed by atoms with Crippen molar-refractivity contribution in [3.63, 3.8) is 0 Å². The fourth-order valence-corrected chi connectivity index (χ4v) is 3.81. The lowest BCUT2D eigenvalue weighted by Gasteiger charge is -2.05. The minimum atomic E-state index is 0.0674. The highest BCUT2D eigenvalue weighted by Gasteiger charge is 2.38. The summed E-state index contributed by atoms with van der Waals surface area (Å²) in [6.45, 7) is 1.18. The molecule has 2 fully saturated rings. The molecular weight excluding hydrogens is 346 g/mol. The molecule has 142 valence electrons. The second-order valence-corrected chi connectivity index (χ2v) is 8.17. The van der Waals surface area contributed by atoms with Gasteiger partial charge < -0.3 is 5.32 Å². The summed E-state index contributed by atoms with van der Waals surface area (Å²) in [5.74, 6) is 1.64. The first-order valence-corrected chi connectivity index (χ1v) is 10.2. The number of rotatable bonds is 8. The number of nitrogens with zero attached hydrogens (tertiary/aromatic N) is 1. The minimum Gasteiger partial charge on any atom is -0.313 e. The third-order valence-corrected chi connectivity index (χ3v) is 5.88. The highest BCUT2D eigenvalue weighted by Crippen LogP contribution is 2.41. The van der Waals surface area contributed by atoms with Crippen LogP contribution in [0.25, 0.3) is 11.3 Å². The Balaban J connectivity index is 1.18. The van der Waals surface area contributed by atoms with Gasteiger partial charge in [-0.3, -0.25) is 9.89 Å².